The summed E-state index contributed by atoms with van der Waals surface area (Å²) in [6.07, 6.45) is 2.36. The van der Waals surface area contributed by atoms with Gasteiger partial charge in [0.1, 0.15) is 11.9 Å². The van der Waals surface area contributed by atoms with Crippen molar-refractivity contribution in [3.8, 4) is 0 Å². The molecule has 0 bridgehead atoms. The van der Waals surface area contributed by atoms with Gasteiger partial charge < -0.3 is 10.0 Å². The van der Waals surface area contributed by atoms with Crippen molar-refractivity contribution >= 4 is 23.6 Å². The predicted octanol–water partition coefficient (Wildman–Crippen LogP) is 2.06. The van der Waals surface area contributed by atoms with E-state index in [1.165, 1.54) is 23.6 Å². The fourth-order valence-corrected chi connectivity index (χ4v) is 3.92. The molecule has 7 heteroatoms. The molecule has 0 radical (unpaired) electrons. The number of carboxylic acids is 1. The number of hydrogen-bond acceptors (Lipinski definition) is 4. The molecule has 1 aromatic heterocycles. The van der Waals surface area contributed by atoms with Gasteiger partial charge >= 0.3 is 5.97 Å². The number of nitrogens with zero attached hydrogens (tertiary/aromatic N) is 2. The van der Waals surface area contributed by atoms with Crippen molar-refractivity contribution in [1.82, 2.24) is 9.88 Å². The summed E-state index contributed by atoms with van der Waals surface area (Å²) in [4.78, 5) is 30.0. The normalized spacial score (nSPS) is 25.6. The summed E-state index contributed by atoms with van der Waals surface area (Å²) in [7, 11) is 0. The van der Waals surface area contributed by atoms with Gasteiger partial charge in [0, 0.05) is 28.6 Å². The van der Waals surface area contributed by atoms with Gasteiger partial charge in [-0.25, -0.2) is 9.18 Å². The second kappa shape index (κ2) is 5.14. The number of carbonyl (C=O) groups excluding carboxylic acids is 1. The number of pyridine rings is 1. The van der Waals surface area contributed by atoms with E-state index < -0.39 is 24.0 Å². The molecule has 1 fully saturated rings. The van der Waals surface area contributed by atoms with Gasteiger partial charge in [-0.1, -0.05) is 11.8 Å². The SMILES string of the molecule is CC(F)C1C(=O)N2C(C(=O)O)=C(Sc3ccncc3)CC12. The molecule has 0 aliphatic carbocycles. The first-order valence-electron chi connectivity index (χ1n) is 6.52. The van der Waals surface area contributed by atoms with Crippen molar-refractivity contribution in [3.63, 3.8) is 0 Å². The number of β-lactam (4-membered cyclic amide) rings is 1. The van der Waals surface area contributed by atoms with Gasteiger partial charge in [0.2, 0.25) is 5.91 Å². The number of aliphatic carboxylic acids is 1. The molecular weight excluding hydrogens is 295 g/mol. The molecule has 0 saturated carbocycles. The number of hydrogen-bond donors (Lipinski definition) is 1. The van der Waals surface area contributed by atoms with Crippen LogP contribution in [0.3, 0.4) is 0 Å². The third-order valence-electron chi connectivity index (χ3n) is 3.76. The van der Waals surface area contributed by atoms with E-state index in [9.17, 15) is 19.1 Å². The molecule has 5 nitrogen and oxygen atoms in total. The van der Waals surface area contributed by atoms with Crippen LogP contribution in [0, 0.1) is 5.92 Å². The minimum atomic E-state index is -1.26. The lowest BCUT2D eigenvalue weighted by Gasteiger charge is -2.43. The van der Waals surface area contributed by atoms with Crippen molar-refractivity contribution < 1.29 is 19.1 Å². The third-order valence-corrected chi connectivity index (χ3v) is 4.87. The van der Waals surface area contributed by atoms with Crippen LogP contribution in [-0.4, -0.2) is 39.1 Å². The Labute approximate surface area is 124 Å². The second-order valence-corrected chi connectivity index (χ2v) is 6.21. The molecule has 1 N–H and O–H groups in total. The fourth-order valence-electron chi connectivity index (χ4n) is 2.85. The zero-order valence-electron chi connectivity index (χ0n) is 11.2. The number of halogens is 1. The van der Waals surface area contributed by atoms with E-state index in [0.717, 1.165) is 4.90 Å². The summed E-state index contributed by atoms with van der Waals surface area (Å²) in [6.45, 7) is 1.34. The molecular formula is C14H13FN2O3S. The van der Waals surface area contributed by atoms with Crippen LogP contribution in [0.15, 0.2) is 40.0 Å². The van der Waals surface area contributed by atoms with Crippen LogP contribution in [-0.2, 0) is 9.59 Å². The highest BCUT2D eigenvalue weighted by atomic mass is 32.2. The Bertz CT molecular complexity index is 632. The smallest absolute Gasteiger partial charge is 0.353 e. The van der Waals surface area contributed by atoms with E-state index in [-0.39, 0.29) is 11.7 Å². The molecule has 0 spiro atoms. The monoisotopic (exact) mass is 308 g/mol. The van der Waals surface area contributed by atoms with E-state index in [4.69, 9.17) is 0 Å². The van der Waals surface area contributed by atoms with Crippen LogP contribution < -0.4 is 0 Å². The van der Waals surface area contributed by atoms with E-state index >= 15 is 0 Å². The highest BCUT2D eigenvalue weighted by Crippen LogP contribution is 2.48. The van der Waals surface area contributed by atoms with Crippen molar-refractivity contribution in [2.24, 2.45) is 5.92 Å². The highest BCUT2D eigenvalue weighted by Gasteiger charge is 2.57. The number of fused-ring (bicyclic) bond motifs is 1. The summed E-state index contributed by atoms with van der Waals surface area (Å²) < 4.78 is 13.5. The number of rotatable bonds is 4. The number of amides is 1. The Kier molecular flexibility index (Phi) is 3.44. The molecule has 1 amide bonds. The Morgan fingerprint density at radius 2 is 2.19 bits per heavy atom. The van der Waals surface area contributed by atoms with Crippen molar-refractivity contribution in [1.29, 1.82) is 0 Å². The summed E-state index contributed by atoms with van der Waals surface area (Å²) >= 11 is 1.29. The average Bonchev–Trinajstić information content (AvgIpc) is 2.74. The molecule has 110 valence electrons. The molecule has 0 aromatic carbocycles. The number of carbonyl (C=O) groups is 2. The first-order valence-corrected chi connectivity index (χ1v) is 7.34. The van der Waals surface area contributed by atoms with Crippen molar-refractivity contribution in [2.75, 3.05) is 0 Å². The molecule has 21 heavy (non-hydrogen) atoms. The molecule has 1 saturated heterocycles. The van der Waals surface area contributed by atoms with E-state index in [1.54, 1.807) is 24.5 Å². The second-order valence-electron chi connectivity index (χ2n) is 5.04. The Morgan fingerprint density at radius 1 is 1.52 bits per heavy atom. The first-order chi connectivity index (χ1) is 10.0. The molecule has 2 aliphatic rings. The van der Waals surface area contributed by atoms with Crippen LogP contribution in [0.2, 0.25) is 0 Å². The largest absolute Gasteiger partial charge is 0.477 e. The van der Waals surface area contributed by atoms with Crippen LogP contribution in [0.5, 0.6) is 0 Å². The Hall–Kier alpha value is -1.89. The van der Waals surface area contributed by atoms with Gasteiger partial charge in [-0.2, -0.15) is 0 Å². The zero-order chi connectivity index (χ0) is 15.1. The maximum atomic E-state index is 13.5. The summed E-state index contributed by atoms with van der Waals surface area (Å²) in [5.41, 5.74) is -0.0105. The molecule has 2 aliphatic heterocycles. The Morgan fingerprint density at radius 3 is 2.76 bits per heavy atom. The minimum absolute atomic E-state index is 0.0105. The summed E-state index contributed by atoms with van der Waals surface area (Å²) in [5.74, 6) is -2.31. The fraction of sp³-hybridized carbons (Fsp3) is 0.357. The first kappa shape index (κ1) is 14.1. The summed E-state index contributed by atoms with van der Waals surface area (Å²) in [5, 5.41) is 9.36. The number of aromatic nitrogens is 1. The van der Waals surface area contributed by atoms with Gasteiger partial charge in [0.15, 0.2) is 0 Å². The summed E-state index contributed by atoms with van der Waals surface area (Å²) in [6, 6.07) is 3.17. The topological polar surface area (TPSA) is 70.5 Å². The lowest BCUT2D eigenvalue weighted by Crippen LogP contribution is -2.61. The van der Waals surface area contributed by atoms with Crippen LogP contribution >= 0.6 is 11.8 Å². The molecule has 3 atom stereocenters. The zero-order valence-corrected chi connectivity index (χ0v) is 12.0. The number of alkyl halides is 1. The molecule has 3 rings (SSSR count). The van der Waals surface area contributed by atoms with Crippen molar-refractivity contribution in [2.45, 2.75) is 30.5 Å². The molecule has 3 unspecified atom stereocenters. The van der Waals surface area contributed by atoms with E-state index in [1.807, 2.05) is 0 Å². The minimum Gasteiger partial charge on any atom is -0.477 e. The third kappa shape index (κ3) is 2.21. The van der Waals surface area contributed by atoms with Gasteiger partial charge in [0.25, 0.3) is 0 Å². The van der Waals surface area contributed by atoms with Crippen molar-refractivity contribution in [3.05, 3.63) is 35.1 Å². The molecule has 3 heterocycles. The number of thioether (sulfide) groups is 1. The quantitative estimate of drug-likeness (QED) is 0.862. The van der Waals surface area contributed by atoms with Gasteiger partial charge in [0.05, 0.1) is 12.0 Å². The molecule has 1 aromatic rings. The Balaban J connectivity index is 1.89. The lowest BCUT2D eigenvalue weighted by molar-refractivity contribution is -0.158. The van der Waals surface area contributed by atoms with Gasteiger partial charge in [-0.05, 0) is 19.1 Å². The van der Waals surface area contributed by atoms with Gasteiger partial charge in [-0.3, -0.25) is 9.78 Å². The maximum absolute atomic E-state index is 13.5. The van der Waals surface area contributed by atoms with Crippen LogP contribution in [0.25, 0.3) is 0 Å². The van der Waals surface area contributed by atoms with Crippen LogP contribution in [0.1, 0.15) is 13.3 Å². The standard InChI is InChI=1S/C14H13FN2O3S/c1-7(15)11-9-6-10(21-8-2-4-16-5-3-8)12(14(19)20)17(9)13(11)18/h2-5,7,9,11H,6H2,1H3,(H,19,20). The number of carboxylic acid groups (broad SMARTS) is 1. The maximum Gasteiger partial charge on any atom is 0.353 e. The van der Waals surface area contributed by atoms with E-state index in [0.29, 0.717) is 11.3 Å². The van der Waals surface area contributed by atoms with Crippen LogP contribution in [0.4, 0.5) is 4.39 Å². The predicted molar refractivity (Wildman–Crippen MR) is 74.1 cm³/mol. The average molecular weight is 308 g/mol. The van der Waals surface area contributed by atoms with Gasteiger partial charge in [-0.15, -0.1) is 0 Å². The highest BCUT2D eigenvalue weighted by molar-refractivity contribution is 8.03. The lowest BCUT2D eigenvalue weighted by atomic mass is 9.84. The van der Waals surface area contributed by atoms with E-state index in [2.05, 4.69) is 4.98 Å².